The van der Waals surface area contributed by atoms with Gasteiger partial charge in [-0.1, -0.05) is 30.3 Å². The monoisotopic (exact) mass is 664 g/mol. The summed E-state index contributed by atoms with van der Waals surface area (Å²) in [7, 11) is 0. The zero-order valence-corrected chi connectivity index (χ0v) is 25.3. The molecule has 250 valence electrons. The second-order valence-electron chi connectivity index (χ2n) is 10.5. The number of rotatable bonds is 10. The molecule has 0 fully saturated rings. The number of hydroxylamine groups is 1. The van der Waals surface area contributed by atoms with Crippen LogP contribution in [-0.4, -0.2) is 35.7 Å². The van der Waals surface area contributed by atoms with Gasteiger partial charge in [0, 0.05) is 24.2 Å². The van der Waals surface area contributed by atoms with Crippen molar-refractivity contribution < 1.29 is 50.2 Å². The lowest BCUT2D eigenvalue weighted by molar-refractivity contribution is -0.208. The molecule has 4 rings (SSSR count). The molecule has 0 bridgehead atoms. The minimum Gasteiger partial charge on any atom is -0.490 e. The first-order valence-electron chi connectivity index (χ1n) is 14.1. The second-order valence-corrected chi connectivity index (χ2v) is 10.5. The first kappa shape index (κ1) is 34.8. The van der Waals surface area contributed by atoms with Crippen molar-refractivity contribution in [3.63, 3.8) is 0 Å². The van der Waals surface area contributed by atoms with Gasteiger partial charge in [0.1, 0.15) is 0 Å². The summed E-state index contributed by atoms with van der Waals surface area (Å²) in [6.07, 6.45) is -8.61. The zero-order valence-electron chi connectivity index (χ0n) is 25.3. The van der Waals surface area contributed by atoms with Gasteiger partial charge in [0.15, 0.2) is 17.0 Å². The number of fused-ring (bicyclic) bond motifs is 1. The SMILES string of the molecule is CCOc1cc(C(Cc2ccccc2C(F)(F)F)(C(=O)NOC(=O)C(F)(F)F)N(N)c2ccc3cnccc3c2)ccc1OC(C)C. The Hall–Kier alpha value is -5.05. The van der Waals surface area contributed by atoms with Crippen LogP contribution in [-0.2, 0) is 32.6 Å². The van der Waals surface area contributed by atoms with Crippen LogP contribution < -0.4 is 25.8 Å². The predicted molar refractivity (Wildman–Crippen MR) is 159 cm³/mol. The Kier molecular flexibility index (Phi) is 10.2. The number of nitrogens with two attached hydrogens (primary N) is 1. The number of pyridine rings is 1. The molecule has 0 saturated carbocycles. The lowest BCUT2D eigenvalue weighted by Gasteiger charge is -2.42. The first-order valence-corrected chi connectivity index (χ1v) is 14.1. The molecule has 47 heavy (non-hydrogen) atoms. The molecule has 0 radical (unpaired) electrons. The Morgan fingerprint density at radius 1 is 0.936 bits per heavy atom. The van der Waals surface area contributed by atoms with Crippen LogP contribution in [0.5, 0.6) is 11.5 Å². The zero-order chi connectivity index (χ0) is 34.6. The Labute approximate surface area is 265 Å². The fraction of sp³-hybridized carbons (Fsp3) is 0.281. The van der Waals surface area contributed by atoms with Gasteiger partial charge in [0.25, 0.3) is 5.91 Å². The van der Waals surface area contributed by atoms with E-state index in [2.05, 4.69) is 9.82 Å². The minimum atomic E-state index is -5.51. The smallest absolute Gasteiger partial charge is 0.490 e. The number of carbonyl (C=O) groups is 2. The number of hydrogen-bond donors (Lipinski definition) is 2. The van der Waals surface area contributed by atoms with E-state index in [1.807, 2.05) is 0 Å². The van der Waals surface area contributed by atoms with E-state index >= 15 is 0 Å². The molecule has 1 aromatic heterocycles. The Bertz CT molecular complexity index is 1750. The van der Waals surface area contributed by atoms with E-state index in [1.54, 1.807) is 32.9 Å². The van der Waals surface area contributed by atoms with E-state index in [4.69, 9.17) is 15.3 Å². The van der Waals surface area contributed by atoms with Crippen LogP contribution in [0.25, 0.3) is 10.8 Å². The fourth-order valence-electron chi connectivity index (χ4n) is 4.93. The van der Waals surface area contributed by atoms with Crippen molar-refractivity contribution in [3.8, 4) is 11.5 Å². The number of anilines is 1. The molecule has 4 aromatic rings. The minimum absolute atomic E-state index is 0.0604. The Morgan fingerprint density at radius 2 is 1.66 bits per heavy atom. The van der Waals surface area contributed by atoms with Crippen LogP contribution in [0.1, 0.15) is 37.5 Å². The third-order valence-electron chi connectivity index (χ3n) is 7.01. The summed E-state index contributed by atoms with van der Waals surface area (Å²) in [4.78, 5) is 34.0. The molecule has 3 N–H and O–H groups in total. The summed E-state index contributed by atoms with van der Waals surface area (Å²) >= 11 is 0. The molecule has 3 aromatic carbocycles. The number of amides is 1. The standard InChI is InChI=1S/C32H30F6N4O5/c1-4-45-27-16-23(10-12-26(27)46-19(2)3)30(28(43)41-47-29(44)32(36,37)38,17-21-7-5-6-8-25(21)31(33,34)35)42(39)24-11-9-22-18-40-14-13-20(22)15-24/h5-16,18-19H,4,17,39H2,1-3H3,(H,41,43). The fourth-order valence-corrected chi connectivity index (χ4v) is 4.93. The summed E-state index contributed by atoms with van der Waals surface area (Å²) in [6.45, 7) is 5.23. The molecule has 0 spiro atoms. The highest BCUT2D eigenvalue weighted by atomic mass is 19.4. The van der Waals surface area contributed by atoms with Gasteiger partial charge in [-0.15, -0.1) is 0 Å². The van der Waals surface area contributed by atoms with E-state index in [0.29, 0.717) is 10.8 Å². The summed E-state index contributed by atoms with van der Waals surface area (Å²) in [5.74, 6) is 2.68. The molecule has 0 aliphatic carbocycles. The topological polar surface area (TPSA) is 116 Å². The highest BCUT2D eigenvalue weighted by Crippen LogP contribution is 2.42. The van der Waals surface area contributed by atoms with Crippen LogP contribution in [0, 0.1) is 0 Å². The van der Waals surface area contributed by atoms with E-state index < -0.39 is 47.3 Å². The predicted octanol–water partition coefficient (Wildman–Crippen LogP) is 6.39. The van der Waals surface area contributed by atoms with Crippen molar-refractivity contribution in [2.45, 2.75) is 51.2 Å². The van der Waals surface area contributed by atoms with Crippen molar-refractivity contribution in [1.29, 1.82) is 0 Å². The maximum Gasteiger partial charge on any atom is 0.493 e. The average Bonchev–Trinajstić information content (AvgIpc) is 3.01. The van der Waals surface area contributed by atoms with E-state index in [0.717, 1.165) is 23.2 Å². The number of aromatic nitrogens is 1. The van der Waals surface area contributed by atoms with Gasteiger partial charge in [0.05, 0.1) is 24.0 Å². The molecule has 0 saturated heterocycles. The molecule has 9 nitrogen and oxygen atoms in total. The van der Waals surface area contributed by atoms with Gasteiger partial charge in [-0.05, 0) is 73.7 Å². The highest BCUT2D eigenvalue weighted by molar-refractivity contribution is 5.93. The molecule has 1 amide bonds. The Morgan fingerprint density at radius 3 is 2.32 bits per heavy atom. The first-order chi connectivity index (χ1) is 22.1. The number of nitrogens with one attached hydrogen (secondary N) is 1. The Balaban J connectivity index is 2.03. The van der Waals surface area contributed by atoms with Crippen LogP contribution in [0.2, 0.25) is 0 Å². The summed E-state index contributed by atoms with van der Waals surface area (Å²) < 4.78 is 93.6. The summed E-state index contributed by atoms with van der Waals surface area (Å²) in [5, 5.41) is 2.03. The van der Waals surface area contributed by atoms with Crippen LogP contribution >= 0.6 is 0 Å². The van der Waals surface area contributed by atoms with Crippen molar-refractivity contribution in [3.05, 3.63) is 95.8 Å². The van der Waals surface area contributed by atoms with Crippen molar-refractivity contribution in [2.75, 3.05) is 11.6 Å². The number of hydrogen-bond acceptors (Lipinski definition) is 8. The van der Waals surface area contributed by atoms with Crippen molar-refractivity contribution in [2.24, 2.45) is 5.84 Å². The summed E-state index contributed by atoms with van der Waals surface area (Å²) in [5.41, 5.74) is -2.67. The lowest BCUT2D eigenvalue weighted by atomic mass is 9.80. The van der Waals surface area contributed by atoms with E-state index in [1.165, 1.54) is 54.3 Å². The molecule has 1 atom stereocenters. The van der Waals surface area contributed by atoms with Gasteiger partial charge in [0.2, 0.25) is 0 Å². The second kappa shape index (κ2) is 13.7. The summed E-state index contributed by atoms with van der Waals surface area (Å²) in [6, 6.07) is 14.5. The molecular formula is C32H30F6N4O5. The number of benzene rings is 3. The van der Waals surface area contributed by atoms with Crippen molar-refractivity contribution in [1.82, 2.24) is 10.5 Å². The molecule has 1 heterocycles. The van der Waals surface area contributed by atoms with E-state index in [9.17, 15) is 35.9 Å². The van der Waals surface area contributed by atoms with Crippen LogP contribution in [0.4, 0.5) is 32.0 Å². The lowest BCUT2D eigenvalue weighted by Crippen LogP contribution is -2.61. The number of alkyl halides is 6. The highest BCUT2D eigenvalue weighted by Gasteiger charge is 2.50. The molecule has 15 heteroatoms. The molecule has 0 aliphatic heterocycles. The molecule has 0 aliphatic rings. The van der Waals surface area contributed by atoms with Gasteiger partial charge in [-0.2, -0.15) is 31.8 Å². The van der Waals surface area contributed by atoms with Crippen molar-refractivity contribution >= 4 is 28.3 Å². The largest absolute Gasteiger partial charge is 0.493 e. The molecular weight excluding hydrogens is 634 g/mol. The van der Waals surface area contributed by atoms with Gasteiger partial charge in [-0.25, -0.2) is 10.6 Å². The van der Waals surface area contributed by atoms with Crippen LogP contribution in [0.3, 0.4) is 0 Å². The number of carbonyl (C=O) groups excluding carboxylic acids is 2. The molecule has 1 unspecified atom stereocenters. The number of halogens is 6. The third kappa shape index (κ3) is 7.68. The van der Waals surface area contributed by atoms with Gasteiger partial charge < -0.3 is 14.3 Å². The van der Waals surface area contributed by atoms with E-state index in [-0.39, 0.29) is 35.5 Å². The maximum absolute atomic E-state index is 14.3. The average molecular weight is 665 g/mol. The normalized spacial score (nSPS) is 13.2. The third-order valence-corrected chi connectivity index (χ3v) is 7.01. The van der Waals surface area contributed by atoms with Gasteiger partial charge >= 0.3 is 18.3 Å². The van der Waals surface area contributed by atoms with Crippen LogP contribution in [0.15, 0.2) is 79.1 Å². The maximum atomic E-state index is 14.3. The number of nitrogens with zero attached hydrogens (tertiary/aromatic N) is 2. The van der Waals surface area contributed by atoms with Gasteiger partial charge in [-0.3, -0.25) is 14.8 Å². The quantitative estimate of drug-likeness (QED) is 0.114. The number of hydrazine groups is 1. The number of ether oxygens (including phenoxy) is 2.